The molecule has 0 unspecified atom stereocenters. The highest BCUT2D eigenvalue weighted by Crippen LogP contribution is 1.83. The van der Waals surface area contributed by atoms with Crippen LogP contribution in [0.2, 0.25) is 0 Å². The molecule has 6 nitrogen and oxygen atoms in total. The number of aromatic nitrogens is 2. The molecule has 1 amide bonds. The lowest BCUT2D eigenvalue weighted by Crippen LogP contribution is -2.34. The highest BCUT2D eigenvalue weighted by atomic mass is 16.5. The Morgan fingerprint density at radius 3 is 3.00 bits per heavy atom. The van der Waals surface area contributed by atoms with E-state index in [2.05, 4.69) is 15.7 Å². The zero-order valence-electron chi connectivity index (χ0n) is 9.48. The van der Waals surface area contributed by atoms with Crippen LogP contribution in [0.25, 0.3) is 0 Å². The summed E-state index contributed by atoms with van der Waals surface area (Å²) in [4.78, 5) is 11.4. The number of methoxy groups -OCH3 is 1. The Morgan fingerprint density at radius 1 is 1.44 bits per heavy atom. The summed E-state index contributed by atoms with van der Waals surface area (Å²) in [6.07, 6.45) is 3.41. The van der Waals surface area contributed by atoms with Gasteiger partial charge in [-0.3, -0.25) is 9.48 Å². The second-order valence-electron chi connectivity index (χ2n) is 3.30. The molecular formula is C10H18N4O2. The SMILES string of the molecule is COCCNCCNC(=O)Cn1cccn1. The van der Waals surface area contributed by atoms with Crippen LogP contribution in [0.5, 0.6) is 0 Å². The van der Waals surface area contributed by atoms with E-state index in [1.807, 2.05) is 0 Å². The third-order valence-electron chi connectivity index (χ3n) is 1.97. The van der Waals surface area contributed by atoms with E-state index in [1.165, 1.54) is 0 Å². The Morgan fingerprint density at radius 2 is 2.31 bits per heavy atom. The zero-order valence-corrected chi connectivity index (χ0v) is 9.48. The van der Waals surface area contributed by atoms with Gasteiger partial charge in [0.2, 0.25) is 5.91 Å². The molecule has 2 N–H and O–H groups in total. The zero-order chi connectivity index (χ0) is 11.6. The minimum absolute atomic E-state index is 0.0303. The van der Waals surface area contributed by atoms with Gasteiger partial charge in [0, 0.05) is 39.1 Å². The fraction of sp³-hybridized carbons (Fsp3) is 0.600. The Balaban J connectivity index is 1.98. The summed E-state index contributed by atoms with van der Waals surface area (Å²) < 4.78 is 6.47. The summed E-state index contributed by atoms with van der Waals surface area (Å²) in [5.74, 6) is -0.0303. The first-order valence-corrected chi connectivity index (χ1v) is 5.26. The van der Waals surface area contributed by atoms with Gasteiger partial charge in [0.15, 0.2) is 0 Å². The number of hydrogen-bond acceptors (Lipinski definition) is 4. The summed E-state index contributed by atoms with van der Waals surface area (Å²) in [6, 6.07) is 1.79. The molecule has 0 aromatic carbocycles. The minimum Gasteiger partial charge on any atom is -0.383 e. The second kappa shape index (κ2) is 7.84. The van der Waals surface area contributed by atoms with Crippen LogP contribution >= 0.6 is 0 Å². The van der Waals surface area contributed by atoms with Crippen molar-refractivity contribution in [2.45, 2.75) is 6.54 Å². The maximum atomic E-state index is 11.4. The molecule has 0 saturated carbocycles. The van der Waals surface area contributed by atoms with Gasteiger partial charge in [-0.1, -0.05) is 0 Å². The first-order valence-electron chi connectivity index (χ1n) is 5.26. The Hall–Kier alpha value is -1.40. The topological polar surface area (TPSA) is 68.2 Å². The van der Waals surface area contributed by atoms with Gasteiger partial charge in [0.25, 0.3) is 0 Å². The second-order valence-corrected chi connectivity index (χ2v) is 3.30. The highest BCUT2D eigenvalue weighted by Gasteiger charge is 2.00. The third kappa shape index (κ3) is 5.47. The molecule has 16 heavy (non-hydrogen) atoms. The lowest BCUT2D eigenvalue weighted by molar-refractivity contribution is -0.121. The van der Waals surface area contributed by atoms with Crippen molar-refractivity contribution in [1.82, 2.24) is 20.4 Å². The third-order valence-corrected chi connectivity index (χ3v) is 1.97. The molecule has 1 aromatic rings. The van der Waals surface area contributed by atoms with Gasteiger partial charge in [-0.05, 0) is 6.07 Å². The van der Waals surface area contributed by atoms with Crippen molar-refractivity contribution >= 4 is 5.91 Å². The Labute approximate surface area is 95.0 Å². The number of nitrogens with zero attached hydrogens (tertiary/aromatic N) is 2. The number of hydrogen-bond donors (Lipinski definition) is 2. The fourth-order valence-corrected chi connectivity index (χ4v) is 1.19. The minimum atomic E-state index is -0.0303. The summed E-state index contributed by atoms with van der Waals surface area (Å²) in [5.41, 5.74) is 0. The van der Waals surface area contributed by atoms with Crippen molar-refractivity contribution in [3.63, 3.8) is 0 Å². The number of carbonyl (C=O) groups is 1. The van der Waals surface area contributed by atoms with E-state index in [0.29, 0.717) is 13.2 Å². The summed E-state index contributed by atoms with van der Waals surface area (Å²) in [6.45, 7) is 3.11. The number of ether oxygens (including phenoxy) is 1. The maximum absolute atomic E-state index is 11.4. The lowest BCUT2D eigenvalue weighted by Gasteiger charge is -2.06. The van der Waals surface area contributed by atoms with Gasteiger partial charge in [0.05, 0.1) is 6.61 Å². The summed E-state index contributed by atoms with van der Waals surface area (Å²) in [5, 5.41) is 9.88. The number of carbonyl (C=O) groups excluding carboxylic acids is 1. The van der Waals surface area contributed by atoms with Crippen LogP contribution in [0.3, 0.4) is 0 Å². The monoisotopic (exact) mass is 226 g/mol. The number of nitrogens with one attached hydrogen (secondary N) is 2. The van der Waals surface area contributed by atoms with Crippen LogP contribution in [0, 0.1) is 0 Å². The highest BCUT2D eigenvalue weighted by molar-refractivity contribution is 5.75. The van der Waals surface area contributed by atoms with Gasteiger partial charge < -0.3 is 15.4 Å². The summed E-state index contributed by atoms with van der Waals surface area (Å²) >= 11 is 0. The standard InChI is InChI=1S/C10H18N4O2/c1-16-8-6-11-4-5-12-10(15)9-14-7-2-3-13-14/h2-3,7,11H,4-6,8-9H2,1H3,(H,12,15). The van der Waals surface area contributed by atoms with Crippen molar-refractivity contribution in [3.8, 4) is 0 Å². The predicted molar refractivity (Wildman–Crippen MR) is 60.0 cm³/mol. The van der Waals surface area contributed by atoms with Gasteiger partial charge in [-0.2, -0.15) is 5.10 Å². The molecule has 0 fully saturated rings. The lowest BCUT2D eigenvalue weighted by atomic mass is 10.5. The Bertz CT molecular complexity index is 287. The molecule has 0 atom stereocenters. The van der Waals surface area contributed by atoms with E-state index < -0.39 is 0 Å². The molecule has 1 rings (SSSR count). The average Bonchev–Trinajstić information content (AvgIpc) is 2.76. The first-order chi connectivity index (χ1) is 7.83. The molecule has 6 heteroatoms. The van der Waals surface area contributed by atoms with E-state index >= 15 is 0 Å². The van der Waals surface area contributed by atoms with Crippen molar-refractivity contribution in [2.75, 3.05) is 33.4 Å². The molecule has 0 saturated heterocycles. The average molecular weight is 226 g/mol. The first kappa shape index (κ1) is 12.7. The van der Waals surface area contributed by atoms with Crippen LogP contribution < -0.4 is 10.6 Å². The van der Waals surface area contributed by atoms with Crippen molar-refractivity contribution in [2.24, 2.45) is 0 Å². The molecular weight excluding hydrogens is 208 g/mol. The van der Waals surface area contributed by atoms with Crippen LogP contribution in [0.15, 0.2) is 18.5 Å². The van der Waals surface area contributed by atoms with Crippen molar-refractivity contribution < 1.29 is 9.53 Å². The maximum Gasteiger partial charge on any atom is 0.241 e. The van der Waals surface area contributed by atoms with Crippen molar-refractivity contribution in [1.29, 1.82) is 0 Å². The molecule has 0 aliphatic carbocycles. The van der Waals surface area contributed by atoms with E-state index in [1.54, 1.807) is 30.3 Å². The van der Waals surface area contributed by atoms with Gasteiger partial charge in [-0.25, -0.2) is 0 Å². The van der Waals surface area contributed by atoms with Gasteiger partial charge in [-0.15, -0.1) is 0 Å². The molecule has 90 valence electrons. The molecule has 1 aromatic heterocycles. The van der Waals surface area contributed by atoms with E-state index in [4.69, 9.17) is 4.74 Å². The molecule has 0 aliphatic rings. The van der Waals surface area contributed by atoms with E-state index in [9.17, 15) is 4.79 Å². The smallest absolute Gasteiger partial charge is 0.241 e. The fourth-order valence-electron chi connectivity index (χ4n) is 1.19. The predicted octanol–water partition coefficient (Wildman–Crippen LogP) is -0.765. The number of amides is 1. The molecule has 0 aliphatic heterocycles. The van der Waals surface area contributed by atoms with Crippen LogP contribution in [-0.2, 0) is 16.1 Å². The molecule has 1 heterocycles. The van der Waals surface area contributed by atoms with E-state index in [-0.39, 0.29) is 12.5 Å². The van der Waals surface area contributed by atoms with Crippen LogP contribution in [0.4, 0.5) is 0 Å². The molecule has 0 spiro atoms. The normalized spacial score (nSPS) is 10.3. The number of rotatable bonds is 8. The molecule has 0 bridgehead atoms. The van der Waals surface area contributed by atoms with Gasteiger partial charge >= 0.3 is 0 Å². The van der Waals surface area contributed by atoms with Gasteiger partial charge in [0.1, 0.15) is 6.54 Å². The van der Waals surface area contributed by atoms with Crippen molar-refractivity contribution in [3.05, 3.63) is 18.5 Å². The largest absolute Gasteiger partial charge is 0.383 e. The van der Waals surface area contributed by atoms with E-state index in [0.717, 1.165) is 13.1 Å². The van der Waals surface area contributed by atoms with Crippen LogP contribution in [-0.4, -0.2) is 49.0 Å². The van der Waals surface area contributed by atoms with Crippen LogP contribution in [0.1, 0.15) is 0 Å². The summed E-state index contributed by atoms with van der Waals surface area (Å²) in [7, 11) is 1.66. The Kier molecular flexibility index (Phi) is 6.20. The molecule has 0 radical (unpaired) electrons. The quantitative estimate of drug-likeness (QED) is 0.571.